The molecular formula is C20H21N5O3. The standard InChI is InChI=1S/C20H21N5O3/c1-21-18-5-4-12(11-23-18)15(26)10-19-24-14-9-17(28-3)16(27-2)8-13(14)20-22-6-7-25(19)20/h4-5,8-11,26H,6-7H2,1-3H3,(H,21,23)/b15-10-. The lowest BCUT2D eigenvalue weighted by Gasteiger charge is -2.26. The van der Waals surface area contributed by atoms with Crippen LogP contribution in [0.15, 0.2) is 46.5 Å². The fourth-order valence-electron chi connectivity index (χ4n) is 3.23. The summed E-state index contributed by atoms with van der Waals surface area (Å²) in [7, 11) is 4.98. The van der Waals surface area contributed by atoms with Gasteiger partial charge in [0.25, 0.3) is 0 Å². The van der Waals surface area contributed by atoms with Gasteiger partial charge in [0.05, 0.1) is 26.5 Å². The molecule has 0 unspecified atom stereocenters. The molecule has 2 aromatic rings. The second-order valence-corrected chi connectivity index (χ2v) is 6.26. The minimum atomic E-state index is 0.0871. The van der Waals surface area contributed by atoms with Gasteiger partial charge in [-0.05, 0) is 18.2 Å². The number of rotatable bonds is 5. The Hall–Kier alpha value is -3.55. The van der Waals surface area contributed by atoms with E-state index >= 15 is 0 Å². The van der Waals surface area contributed by atoms with Gasteiger partial charge in [0.15, 0.2) is 11.5 Å². The second kappa shape index (κ2) is 7.22. The number of nitrogens with one attached hydrogen (secondary N) is 1. The van der Waals surface area contributed by atoms with Crippen molar-refractivity contribution >= 4 is 28.9 Å². The Balaban J connectivity index is 1.77. The Bertz CT molecular complexity index is 996. The van der Waals surface area contributed by atoms with Gasteiger partial charge in [-0.15, -0.1) is 0 Å². The third-order valence-corrected chi connectivity index (χ3v) is 4.68. The summed E-state index contributed by atoms with van der Waals surface area (Å²) in [5.41, 5.74) is 2.21. The summed E-state index contributed by atoms with van der Waals surface area (Å²) in [5.74, 6) is 3.47. The highest BCUT2D eigenvalue weighted by molar-refractivity contribution is 6.20. The number of pyridine rings is 1. The number of aliphatic hydroxyl groups excluding tert-OH is 1. The van der Waals surface area contributed by atoms with Crippen molar-refractivity contribution in [1.29, 1.82) is 0 Å². The summed E-state index contributed by atoms with van der Waals surface area (Å²) in [5, 5.41) is 13.5. The maximum atomic E-state index is 10.6. The molecule has 2 aliphatic heterocycles. The minimum Gasteiger partial charge on any atom is -0.507 e. The van der Waals surface area contributed by atoms with Crippen LogP contribution >= 0.6 is 0 Å². The largest absolute Gasteiger partial charge is 0.507 e. The zero-order chi connectivity index (χ0) is 19.7. The number of anilines is 1. The smallest absolute Gasteiger partial charge is 0.162 e. The van der Waals surface area contributed by atoms with E-state index in [9.17, 15) is 5.11 Å². The number of benzene rings is 1. The van der Waals surface area contributed by atoms with Crippen LogP contribution in [0, 0.1) is 0 Å². The third kappa shape index (κ3) is 3.02. The lowest BCUT2D eigenvalue weighted by atomic mass is 10.1. The fourth-order valence-corrected chi connectivity index (χ4v) is 3.23. The number of aromatic nitrogens is 1. The SMILES string of the molecule is CNc1ccc(/C(O)=C/C2=Nc3cc(OC)c(OC)cc3C3=NCCN23)cn1. The highest BCUT2D eigenvalue weighted by Gasteiger charge is 2.30. The van der Waals surface area contributed by atoms with Gasteiger partial charge in [0.1, 0.15) is 23.2 Å². The quantitative estimate of drug-likeness (QED) is 0.776. The Labute approximate surface area is 162 Å². The molecule has 0 bridgehead atoms. The molecule has 0 spiro atoms. The first-order valence-corrected chi connectivity index (χ1v) is 8.86. The zero-order valence-electron chi connectivity index (χ0n) is 15.9. The summed E-state index contributed by atoms with van der Waals surface area (Å²) < 4.78 is 10.8. The van der Waals surface area contributed by atoms with Crippen LogP contribution in [0.25, 0.3) is 5.76 Å². The zero-order valence-corrected chi connectivity index (χ0v) is 15.9. The molecule has 0 saturated carbocycles. The van der Waals surface area contributed by atoms with Crippen molar-refractivity contribution in [2.45, 2.75) is 0 Å². The number of ether oxygens (including phenoxy) is 2. The molecule has 28 heavy (non-hydrogen) atoms. The van der Waals surface area contributed by atoms with Gasteiger partial charge in [-0.3, -0.25) is 4.99 Å². The molecule has 144 valence electrons. The summed E-state index contributed by atoms with van der Waals surface area (Å²) >= 11 is 0. The second-order valence-electron chi connectivity index (χ2n) is 6.26. The molecule has 0 fully saturated rings. The molecule has 0 aliphatic carbocycles. The highest BCUT2D eigenvalue weighted by Crippen LogP contribution is 2.38. The molecular weight excluding hydrogens is 358 g/mol. The molecule has 0 atom stereocenters. The van der Waals surface area contributed by atoms with Gasteiger partial charge in [-0.2, -0.15) is 0 Å². The van der Waals surface area contributed by atoms with E-state index in [1.807, 2.05) is 17.0 Å². The van der Waals surface area contributed by atoms with Crippen molar-refractivity contribution in [3.8, 4) is 11.5 Å². The molecule has 1 aromatic heterocycles. The van der Waals surface area contributed by atoms with Crippen molar-refractivity contribution in [3.63, 3.8) is 0 Å². The lowest BCUT2D eigenvalue weighted by Crippen LogP contribution is -2.36. The highest BCUT2D eigenvalue weighted by atomic mass is 16.5. The molecule has 3 heterocycles. The van der Waals surface area contributed by atoms with Crippen LogP contribution in [0.1, 0.15) is 11.1 Å². The van der Waals surface area contributed by atoms with Crippen molar-refractivity contribution in [2.75, 3.05) is 39.7 Å². The van der Waals surface area contributed by atoms with Crippen LogP contribution in [0.4, 0.5) is 11.5 Å². The van der Waals surface area contributed by atoms with Crippen LogP contribution in [0.3, 0.4) is 0 Å². The van der Waals surface area contributed by atoms with Crippen molar-refractivity contribution < 1.29 is 14.6 Å². The van der Waals surface area contributed by atoms with E-state index in [0.717, 1.165) is 22.9 Å². The van der Waals surface area contributed by atoms with Crippen LogP contribution in [0.2, 0.25) is 0 Å². The average molecular weight is 379 g/mol. The number of methoxy groups -OCH3 is 2. The maximum Gasteiger partial charge on any atom is 0.162 e. The maximum absolute atomic E-state index is 10.6. The molecule has 0 saturated heterocycles. The number of hydrogen-bond donors (Lipinski definition) is 2. The van der Waals surface area contributed by atoms with E-state index in [4.69, 9.17) is 14.5 Å². The predicted octanol–water partition coefficient (Wildman–Crippen LogP) is 2.85. The van der Waals surface area contributed by atoms with Crippen molar-refractivity contribution in [3.05, 3.63) is 47.7 Å². The number of nitrogens with zero attached hydrogens (tertiary/aromatic N) is 4. The normalized spacial score (nSPS) is 15.4. The van der Waals surface area contributed by atoms with E-state index in [1.165, 1.54) is 0 Å². The molecule has 8 nitrogen and oxygen atoms in total. The van der Waals surface area contributed by atoms with Crippen LogP contribution < -0.4 is 14.8 Å². The number of hydrogen-bond acceptors (Lipinski definition) is 8. The van der Waals surface area contributed by atoms with Crippen molar-refractivity contribution in [2.24, 2.45) is 9.98 Å². The summed E-state index contributed by atoms with van der Waals surface area (Å²) in [6.07, 6.45) is 3.25. The van der Waals surface area contributed by atoms with Crippen LogP contribution in [-0.2, 0) is 0 Å². The fraction of sp³-hybridized carbons (Fsp3) is 0.250. The molecule has 2 N–H and O–H groups in total. The van der Waals surface area contributed by atoms with Crippen LogP contribution in [-0.4, -0.2) is 61.0 Å². The predicted molar refractivity (Wildman–Crippen MR) is 109 cm³/mol. The van der Waals surface area contributed by atoms with E-state index in [1.54, 1.807) is 45.7 Å². The van der Waals surface area contributed by atoms with Gasteiger partial charge >= 0.3 is 0 Å². The Morgan fingerprint density at radius 2 is 2.00 bits per heavy atom. The minimum absolute atomic E-state index is 0.0871. The summed E-state index contributed by atoms with van der Waals surface area (Å²) in [4.78, 5) is 15.6. The Morgan fingerprint density at radius 3 is 2.68 bits per heavy atom. The topological polar surface area (TPSA) is 91.6 Å². The van der Waals surface area contributed by atoms with E-state index < -0.39 is 0 Å². The monoisotopic (exact) mass is 379 g/mol. The summed E-state index contributed by atoms with van der Waals surface area (Å²) in [6, 6.07) is 7.31. The number of aliphatic imine (C=N–C) groups is 2. The summed E-state index contributed by atoms with van der Waals surface area (Å²) in [6.45, 7) is 1.36. The molecule has 1 aromatic carbocycles. The van der Waals surface area contributed by atoms with Gasteiger partial charge in [0.2, 0.25) is 0 Å². The van der Waals surface area contributed by atoms with Gasteiger partial charge < -0.3 is 24.8 Å². The van der Waals surface area contributed by atoms with Crippen molar-refractivity contribution in [1.82, 2.24) is 9.88 Å². The van der Waals surface area contributed by atoms with Gasteiger partial charge in [-0.1, -0.05) is 0 Å². The van der Waals surface area contributed by atoms with Gasteiger partial charge in [0, 0.05) is 43.1 Å². The van der Waals surface area contributed by atoms with E-state index in [0.29, 0.717) is 36.0 Å². The molecule has 0 radical (unpaired) electrons. The van der Waals surface area contributed by atoms with Crippen LogP contribution in [0.5, 0.6) is 11.5 Å². The number of amidine groups is 2. The first-order chi connectivity index (χ1) is 13.6. The number of aliphatic hydroxyl groups is 1. The first-order valence-electron chi connectivity index (χ1n) is 8.86. The molecule has 8 heteroatoms. The van der Waals surface area contributed by atoms with Gasteiger partial charge in [-0.25, -0.2) is 9.98 Å². The molecule has 4 rings (SSSR count). The Kier molecular flexibility index (Phi) is 4.60. The Morgan fingerprint density at radius 1 is 1.21 bits per heavy atom. The lowest BCUT2D eigenvalue weighted by molar-refractivity contribution is 0.355. The number of fused-ring (bicyclic) bond motifs is 3. The first kappa shape index (κ1) is 17.8. The molecule has 2 aliphatic rings. The third-order valence-electron chi connectivity index (χ3n) is 4.68. The molecule has 0 amide bonds. The van der Waals surface area contributed by atoms with E-state index in [2.05, 4.69) is 15.3 Å². The average Bonchev–Trinajstić information content (AvgIpc) is 3.23. The van der Waals surface area contributed by atoms with E-state index in [-0.39, 0.29) is 5.76 Å².